The molecule has 1 aliphatic heterocycles. The smallest absolute Gasteiger partial charge is 0.133 e. The molecule has 0 spiro atoms. The van der Waals surface area contributed by atoms with E-state index in [0.29, 0.717) is 18.0 Å². The molecule has 3 heteroatoms. The van der Waals surface area contributed by atoms with E-state index in [0.717, 1.165) is 38.8 Å². The van der Waals surface area contributed by atoms with Crippen LogP contribution in [0.4, 0.5) is 0 Å². The summed E-state index contributed by atoms with van der Waals surface area (Å²) in [6.07, 6.45) is 4.53. The molecule has 1 N–H and O–H groups in total. The summed E-state index contributed by atoms with van der Waals surface area (Å²) < 4.78 is 0. The number of aromatic hydroxyl groups is 1. The first-order valence-electron chi connectivity index (χ1n) is 7.57. The monoisotopic (exact) mass is 271 g/mol. The first-order chi connectivity index (χ1) is 9.55. The number of rotatable bonds is 0. The van der Waals surface area contributed by atoms with Crippen LogP contribution in [0.1, 0.15) is 36.8 Å². The van der Waals surface area contributed by atoms with Crippen LogP contribution in [0.3, 0.4) is 0 Å². The number of Topliss-reactive ketones (excluding diaryl/α,β-unsaturated/α-hetero) is 1. The molecule has 2 aliphatic carbocycles. The topological polar surface area (TPSA) is 40.5 Å². The van der Waals surface area contributed by atoms with Crippen molar-refractivity contribution in [3.63, 3.8) is 0 Å². The Balaban J connectivity index is 1.92. The van der Waals surface area contributed by atoms with Crippen LogP contribution in [-0.4, -0.2) is 35.9 Å². The van der Waals surface area contributed by atoms with Crippen molar-refractivity contribution in [3.05, 3.63) is 29.3 Å². The van der Waals surface area contributed by atoms with Crippen molar-refractivity contribution in [2.24, 2.45) is 5.41 Å². The van der Waals surface area contributed by atoms with Crippen molar-refractivity contribution < 1.29 is 9.90 Å². The summed E-state index contributed by atoms with van der Waals surface area (Å²) in [6, 6.07) is 5.80. The molecule has 0 radical (unpaired) electrons. The van der Waals surface area contributed by atoms with Gasteiger partial charge in [-0.05, 0) is 61.5 Å². The highest BCUT2D eigenvalue weighted by Crippen LogP contribution is 2.62. The molecule has 1 heterocycles. The maximum Gasteiger partial charge on any atom is 0.133 e. The highest BCUT2D eigenvalue weighted by Gasteiger charge is 2.61. The lowest BCUT2D eigenvalue weighted by Crippen LogP contribution is -2.58. The van der Waals surface area contributed by atoms with Gasteiger partial charge in [-0.15, -0.1) is 0 Å². The highest BCUT2D eigenvalue weighted by molar-refractivity contribution is 5.82. The van der Waals surface area contributed by atoms with Gasteiger partial charge in [0.05, 0.1) is 0 Å². The van der Waals surface area contributed by atoms with Gasteiger partial charge >= 0.3 is 0 Å². The van der Waals surface area contributed by atoms with E-state index in [1.165, 1.54) is 11.1 Å². The summed E-state index contributed by atoms with van der Waals surface area (Å²) in [7, 11) is 2.19. The third kappa shape index (κ3) is 1.42. The Morgan fingerprint density at radius 3 is 2.95 bits per heavy atom. The molecule has 2 atom stereocenters. The maximum absolute atomic E-state index is 12.2. The second-order valence-corrected chi connectivity index (χ2v) is 7.08. The Bertz CT molecular complexity index is 597. The predicted octanol–water partition coefficient (Wildman–Crippen LogP) is 2.26. The van der Waals surface area contributed by atoms with E-state index >= 15 is 0 Å². The molecule has 106 valence electrons. The first kappa shape index (κ1) is 12.4. The van der Waals surface area contributed by atoms with Crippen molar-refractivity contribution >= 4 is 5.78 Å². The van der Waals surface area contributed by atoms with Crippen LogP contribution in [0.2, 0.25) is 0 Å². The van der Waals surface area contributed by atoms with Gasteiger partial charge in [-0.2, -0.15) is 0 Å². The zero-order valence-electron chi connectivity index (χ0n) is 12.0. The summed E-state index contributed by atoms with van der Waals surface area (Å²) in [5.41, 5.74) is 2.82. The zero-order chi connectivity index (χ0) is 14.0. The SMILES string of the molecule is CN1CC[C@]23CC(=O)CC[C@]2(Cc2ccc(O)cc23)C1. The van der Waals surface area contributed by atoms with Gasteiger partial charge in [0.2, 0.25) is 0 Å². The molecule has 4 rings (SSSR count). The molecule has 1 saturated carbocycles. The van der Waals surface area contributed by atoms with Gasteiger partial charge < -0.3 is 10.0 Å². The van der Waals surface area contributed by atoms with Gasteiger partial charge in [-0.3, -0.25) is 4.79 Å². The molecule has 1 saturated heterocycles. The molecule has 3 nitrogen and oxygen atoms in total. The van der Waals surface area contributed by atoms with Gasteiger partial charge in [-0.1, -0.05) is 6.07 Å². The second kappa shape index (κ2) is 3.85. The molecule has 0 unspecified atom stereocenters. The minimum absolute atomic E-state index is 0.0110. The fraction of sp³-hybridized carbons (Fsp3) is 0.588. The molecule has 20 heavy (non-hydrogen) atoms. The van der Waals surface area contributed by atoms with E-state index in [1.807, 2.05) is 6.07 Å². The molecule has 2 fully saturated rings. The number of nitrogens with zero attached hydrogens (tertiary/aromatic N) is 1. The van der Waals surface area contributed by atoms with Crippen LogP contribution in [-0.2, 0) is 16.6 Å². The number of ketones is 1. The Kier molecular flexibility index (Phi) is 2.39. The molecule has 3 aliphatic rings. The van der Waals surface area contributed by atoms with Gasteiger partial charge in [0, 0.05) is 24.8 Å². The number of phenolic OH excluding ortho intramolecular Hbond substituents is 1. The van der Waals surface area contributed by atoms with Crippen LogP contribution < -0.4 is 0 Å². The normalized spacial score (nSPS) is 36.4. The lowest BCUT2D eigenvalue weighted by molar-refractivity contribution is -0.129. The van der Waals surface area contributed by atoms with Gasteiger partial charge in [-0.25, -0.2) is 0 Å². The van der Waals surface area contributed by atoms with Crippen molar-refractivity contribution in [3.8, 4) is 5.75 Å². The molecule has 1 aromatic carbocycles. The number of piperidine rings is 1. The molecular weight excluding hydrogens is 250 g/mol. The largest absolute Gasteiger partial charge is 0.508 e. The van der Waals surface area contributed by atoms with Crippen LogP contribution in [0.15, 0.2) is 18.2 Å². The van der Waals surface area contributed by atoms with E-state index in [9.17, 15) is 9.90 Å². The van der Waals surface area contributed by atoms with Crippen LogP contribution in [0.25, 0.3) is 0 Å². The first-order valence-corrected chi connectivity index (χ1v) is 7.57. The third-order valence-corrected chi connectivity index (χ3v) is 6.03. The Hall–Kier alpha value is -1.35. The highest BCUT2D eigenvalue weighted by atomic mass is 16.3. The Morgan fingerprint density at radius 2 is 2.10 bits per heavy atom. The van der Waals surface area contributed by atoms with Gasteiger partial charge in [0.25, 0.3) is 0 Å². The molecule has 0 amide bonds. The average Bonchev–Trinajstić information content (AvgIpc) is 2.68. The van der Waals surface area contributed by atoms with Crippen LogP contribution >= 0.6 is 0 Å². The number of fused-ring (bicyclic) bond motifs is 1. The van der Waals surface area contributed by atoms with Gasteiger partial charge in [0.15, 0.2) is 0 Å². The number of hydrogen-bond donors (Lipinski definition) is 1. The molecule has 0 aromatic heterocycles. The standard InChI is InChI=1S/C17H21NO2/c1-18-7-6-17-10-14(20)4-5-16(17,11-18)9-12-2-3-13(19)8-15(12)17/h2-3,8,19H,4-7,9-11H2,1H3/t16-,17+/m0/s1. The number of carbonyl (C=O) groups is 1. The van der Waals surface area contributed by atoms with E-state index in [4.69, 9.17) is 0 Å². The number of hydrogen-bond acceptors (Lipinski definition) is 3. The zero-order valence-corrected chi connectivity index (χ0v) is 12.0. The maximum atomic E-state index is 12.2. The lowest BCUT2D eigenvalue weighted by atomic mass is 9.53. The van der Waals surface area contributed by atoms with E-state index in [2.05, 4.69) is 18.0 Å². The fourth-order valence-electron chi connectivity index (χ4n) is 5.15. The predicted molar refractivity (Wildman–Crippen MR) is 76.9 cm³/mol. The number of benzene rings is 1. The summed E-state index contributed by atoms with van der Waals surface area (Å²) in [6.45, 7) is 2.12. The average molecular weight is 271 g/mol. The second-order valence-electron chi connectivity index (χ2n) is 7.08. The Labute approximate surface area is 119 Å². The van der Waals surface area contributed by atoms with Crippen molar-refractivity contribution in [2.45, 2.75) is 37.5 Å². The summed E-state index contributed by atoms with van der Waals surface area (Å²) in [4.78, 5) is 14.6. The van der Waals surface area contributed by atoms with E-state index in [1.54, 1.807) is 6.07 Å². The van der Waals surface area contributed by atoms with Crippen molar-refractivity contribution in [1.29, 1.82) is 0 Å². The van der Waals surface area contributed by atoms with Crippen LogP contribution in [0.5, 0.6) is 5.75 Å². The summed E-state index contributed by atoms with van der Waals surface area (Å²) in [5, 5.41) is 9.89. The lowest BCUT2D eigenvalue weighted by Gasteiger charge is -2.55. The third-order valence-electron chi connectivity index (χ3n) is 6.03. The number of likely N-dealkylation sites (tertiary alicyclic amines) is 1. The molecule has 1 aromatic rings. The van der Waals surface area contributed by atoms with E-state index < -0.39 is 0 Å². The fourth-order valence-corrected chi connectivity index (χ4v) is 5.15. The Morgan fingerprint density at radius 1 is 1.25 bits per heavy atom. The number of carbonyl (C=O) groups excluding carboxylic acids is 1. The van der Waals surface area contributed by atoms with Crippen molar-refractivity contribution in [1.82, 2.24) is 4.90 Å². The minimum Gasteiger partial charge on any atom is -0.508 e. The van der Waals surface area contributed by atoms with E-state index in [-0.39, 0.29) is 10.8 Å². The molecule has 0 bridgehead atoms. The van der Waals surface area contributed by atoms with Gasteiger partial charge in [0.1, 0.15) is 11.5 Å². The molecular formula is C17H21NO2. The number of phenols is 1. The summed E-state index contributed by atoms with van der Waals surface area (Å²) >= 11 is 0. The summed E-state index contributed by atoms with van der Waals surface area (Å²) in [5.74, 6) is 0.743. The minimum atomic E-state index is -0.0110. The van der Waals surface area contributed by atoms with Crippen LogP contribution in [0, 0.1) is 5.41 Å². The quantitative estimate of drug-likeness (QED) is 0.787. The van der Waals surface area contributed by atoms with Crippen molar-refractivity contribution in [2.75, 3.05) is 20.1 Å².